The third-order valence-electron chi connectivity index (χ3n) is 4.34. The summed E-state index contributed by atoms with van der Waals surface area (Å²) >= 11 is 0. The van der Waals surface area contributed by atoms with E-state index in [4.69, 9.17) is 14.2 Å². The summed E-state index contributed by atoms with van der Waals surface area (Å²) < 4.78 is 18.6. The minimum atomic E-state index is 0.539. The van der Waals surface area contributed by atoms with Gasteiger partial charge in [-0.05, 0) is 30.3 Å². The smallest absolute Gasteiger partial charge is 0.203 e. The Labute approximate surface area is 153 Å². The lowest BCUT2D eigenvalue weighted by Gasteiger charge is -2.17. The van der Waals surface area contributed by atoms with E-state index < -0.39 is 0 Å². The first-order chi connectivity index (χ1) is 12.6. The monoisotopic (exact) mass is 353 g/mol. The van der Waals surface area contributed by atoms with Crippen LogP contribution in [0.2, 0.25) is 0 Å². The van der Waals surface area contributed by atoms with Crippen molar-refractivity contribution in [1.82, 2.24) is 9.99 Å². The lowest BCUT2D eigenvalue weighted by Crippen LogP contribution is -2.11. The van der Waals surface area contributed by atoms with Crippen LogP contribution in [-0.4, -0.2) is 38.7 Å². The molecule has 0 aliphatic heterocycles. The molecule has 0 aliphatic carbocycles. The lowest BCUT2D eigenvalue weighted by molar-refractivity contribution is 0.324. The topological polar surface area (TPSA) is 57.0 Å². The summed E-state index contributed by atoms with van der Waals surface area (Å²) in [4.78, 5) is 0. The first-order valence-corrected chi connectivity index (χ1v) is 8.23. The molecule has 0 amide bonds. The van der Waals surface area contributed by atoms with Gasteiger partial charge < -0.3 is 24.2 Å². The van der Waals surface area contributed by atoms with Crippen molar-refractivity contribution in [3.63, 3.8) is 0 Å². The van der Waals surface area contributed by atoms with E-state index >= 15 is 0 Å². The van der Waals surface area contributed by atoms with E-state index in [2.05, 4.69) is 39.4 Å². The molecular weight excluding hydrogens is 330 g/mol. The molecule has 0 saturated carbocycles. The molecule has 6 heteroatoms. The highest BCUT2D eigenvalue weighted by Gasteiger charge is 2.21. The Balaban J connectivity index is 2.20. The summed E-state index contributed by atoms with van der Waals surface area (Å²) in [5.41, 5.74) is 6.60. The van der Waals surface area contributed by atoms with E-state index in [1.165, 1.54) is 0 Å². The van der Waals surface area contributed by atoms with Crippen LogP contribution < -0.4 is 19.6 Å². The maximum Gasteiger partial charge on any atom is 0.203 e. The minimum absolute atomic E-state index is 0.539. The molecule has 3 aromatic rings. The number of aryl methyl sites for hydroxylation is 1. The summed E-state index contributed by atoms with van der Waals surface area (Å²) in [7, 11) is 8.60. The molecule has 136 valence electrons. The predicted molar refractivity (Wildman–Crippen MR) is 104 cm³/mol. The van der Waals surface area contributed by atoms with Gasteiger partial charge in [-0.1, -0.05) is 6.07 Å². The number of hydrogen-bond donors (Lipinski definition) is 1. The Kier molecular flexibility index (Phi) is 5.02. The average molecular weight is 353 g/mol. The van der Waals surface area contributed by atoms with Crippen LogP contribution in [-0.2, 0) is 7.05 Å². The van der Waals surface area contributed by atoms with Crippen molar-refractivity contribution in [2.75, 3.05) is 28.4 Å². The van der Waals surface area contributed by atoms with Gasteiger partial charge in [-0.15, -0.1) is 0 Å². The number of benzene rings is 2. The van der Waals surface area contributed by atoms with Gasteiger partial charge in [0.05, 0.1) is 21.3 Å². The second-order valence-electron chi connectivity index (χ2n) is 5.77. The van der Waals surface area contributed by atoms with Crippen LogP contribution in [0.3, 0.4) is 0 Å². The first-order valence-electron chi connectivity index (χ1n) is 8.23. The zero-order chi connectivity index (χ0) is 18.7. The third-order valence-corrected chi connectivity index (χ3v) is 4.34. The van der Waals surface area contributed by atoms with Gasteiger partial charge >= 0.3 is 0 Å². The molecule has 2 aromatic carbocycles. The van der Waals surface area contributed by atoms with Crippen LogP contribution in [0.5, 0.6) is 17.2 Å². The Morgan fingerprint density at radius 3 is 2.38 bits per heavy atom. The summed E-state index contributed by atoms with van der Waals surface area (Å²) in [6.07, 6.45) is 2.04. The Bertz CT molecular complexity index is 960. The lowest BCUT2D eigenvalue weighted by atomic mass is 9.99. The van der Waals surface area contributed by atoms with Gasteiger partial charge in [-0.2, -0.15) is 5.10 Å². The number of aromatic nitrogens is 1. The molecule has 0 aliphatic rings. The molecule has 0 atom stereocenters. The third kappa shape index (κ3) is 2.94. The van der Waals surface area contributed by atoms with Crippen LogP contribution in [0.4, 0.5) is 0 Å². The summed E-state index contributed by atoms with van der Waals surface area (Å²) in [6, 6.07) is 12.1. The fourth-order valence-corrected chi connectivity index (χ4v) is 3.11. The van der Waals surface area contributed by atoms with Gasteiger partial charge in [0.15, 0.2) is 11.5 Å². The first kappa shape index (κ1) is 17.7. The zero-order valence-corrected chi connectivity index (χ0v) is 15.7. The van der Waals surface area contributed by atoms with E-state index in [0.29, 0.717) is 17.2 Å². The van der Waals surface area contributed by atoms with E-state index in [-0.39, 0.29) is 0 Å². The number of rotatable bonds is 6. The van der Waals surface area contributed by atoms with E-state index in [0.717, 1.165) is 27.7 Å². The summed E-state index contributed by atoms with van der Waals surface area (Å²) in [5, 5.41) is 5.65. The Hall–Kier alpha value is -3.15. The van der Waals surface area contributed by atoms with Gasteiger partial charge in [0.2, 0.25) is 5.75 Å². The van der Waals surface area contributed by atoms with Gasteiger partial charge in [-0.25, -0.2) is 0 Å². The van der Waals surface area contributed by atoms with E-state index in [9.17, 15) is 0 Å². The Morgan fingerprint density at radius 2 is 1.73 bits per heavy atom. The van der Waals surface area contributed by atoms with Crippen LogP contribution in [0.15, 0.2) is 47.7 Å². The molecule has 0 unspecified atom stereocenters. The van der Waals surface area contributed by atoms with Crippen molar-refractivity contribution in [2.45, 2.75) is 0 Å². The SMILES string of the molecule is CN/N=C(/c1ccc2c(ccn2C)c1)c1ccc(OC)c(OC)c1OC. The predicted octanol–water partition coefficient (Wildman–Crippen LogP) is 3.18. The molecular formula is C20H23N3O3. The number of hydrazone groups is 1. The highest BCUT2D eigenvalue weighted by molar-refractivity contribution is 6.16. The summed E-state index contributed by atoms with van der Waals surface area (Å²) in [6.45, 7) is 0. The van der Waals surface area contributed by atoms with Crippen molar-refractivity contribution < 1.29 is 14.2 Å². The van der Waals surface area contributed by atoms with Crippen LogP contribution in [0.25, 0.3) is 10.9 Å². The van der Waals surface area contributed by atoms with Crippen LogP contribution >= 0.6 is 0 Å². The zero-order valence-electron chi connectivity index (χ0n) is 15.7. The normalized spacial score (nSPS) is 11.5. The molecule has 0 spiro atoms. The molecule has 0 radical (unpaired) electrons. The molecule has 26 heavy (non-hydrogen) atoms. The van der Waals surface area contributed by atoms with Gasteiger partial charge in [0, 0.05) is 42.3 Å². The average Bonchev–Trinajstić information content (AvgIpc) is 3.05. The second-order valence-corrected chi connectivity index (χ2v) is 5.77. The molecule has 1 heterocycles. The van der Waals surface area contributed by atoms with Crippen molar-refractivity contribution in [2.24, 2.45) is 12.1 Å². The van der Waals surface area contributed by atoms with E-state index in [1.807, 2.05) is 25.4 Å². The second kappa shape index (κ2) is 7.39. The molecule has 3 rings (SSSR count). The van der Waals surface area contributed by atoms with Crippen LogP contribution in [0, 0.1) is 0 Å². The van der Waals surface area contributed by atoms with Gasteiger partial charge in [0.1, 0.15) is 5.71 Å². The number of methoxy groups -OCH3 is 3. The van der Waals surface area contributed by atoms with Gasteiger partial charge in [-0.3, -0.25) is 0 Å². The quantitative estimate of drug-likeness (QED) is 0.546. The molecule has 6 nitrogen and oxygen atoms in total. The molecule has 1 N–H and O–H groups in total. The largest absolute Gasteiger partial charge is 0.493 e. The van der Waals surface area contributed by atoms with Crippen molar-refractivity contribution >= 4 is 16.6 Å². The van der Waals surface area contributed by atoms with Crippen molar-refractivity contribution in [1.29, 1.82) is 0 Å². The number of nitrogens with one attached hydrogen (secondary N) is 1. The molecule has 1 aromatic heterocycles. The fourth-order valence-electron chi connectivity index (χ4n) is 3.11. The van der Waals surface area contributed by atoms with Gasteiger partial charge in [0.25, 0.3) is 0 Å². The standard InChI is InChI=1S/C20H23N3O3/c1-21-22-18(14-6-8-16-13(12-14)10-11-23(16)2)15-7-9-17(24-3)20(26-5)19(15)25-4/h6-12,21H,1-5H3/b22-18-. The van der Waals surface area contributed by atoms with Crippen molar-refractivity contribution in [3.05, 3.63) is 53.7 Å². The maximum absolute atomic E-state index is 5.63. The number of fused-ring (bicyclic) bond motifs is 1. The molecule has 0 bridgehead atoms. The highest BCUT2D eigenvalue weighted by Crippen LogP contribution is 2.40. The number of ether oxygens (including phenoxy) is 3. The minimum Gasteiger partial charge on any atom is -0.493 e. The molecule has 0 fully saturated rings. The molecule has 0 saturated heterocycles. The highest BCUT2D eigenvalue weighted by atomic mass is 16.5. The number of nitrogens with zero attached hydrogens (tertiary/aromatic N) is 2. The van der Waals surface area contributed by atoms with Crippen LogP contribution in [0.1, 0.15) is 11.1 Å². The Morgan fingerprint density at radius 1 is 0.962 bits per heavy atom. The fraction of sp³-hybridized carbons (Fsp3) is 0.250. The maximum atomic E-state index is 5.63. The number of hydrogen-bond acceptors (Lipinski definition) is 5. The van der Waals surface area contributed by atoms with Crippen molar-refractivity contribution in [3.8, 4) is 17.2 Å². The summed E-state index contributed by atoms with van der Waals surface area (Å²) in [5.74, 6) is 1.72. The van der Waals surface area contributed by atoms with E-state index in [1.54, 1.807) is 28.4 Å².